The zero-order valence-electron chi connectivity index (χ0n) is 8.83. The van der Waals surface area contributed by atoms with Gasteiger partial charge in [-0.1, -0.05) is 38.3 Å². The van der Waals surface area contributed by atoms with E-state index < -0.39 is 0 Å². The minimum atomic E-state index is 0.130. The van der Waals surface area contributed by atoms with Gasteiger partial charge in [-0.25, -0.2) is 0 Å². The van der Waals surface area contributed by atoms with Gasteiger partial charge in [-0.3, -0.25) is 0 Å². The summed E-state index contributed by atoms with van der Waals surface area (Å²) in [6.07, 6.45) is 9.90. The molecule has 0 aromatic heterocycles. The van der Waals surface area contributed by atoms with Crippen molar-refractivity contribution in [2.75, 3.05) is 13.7 Å². The summed E-state index contributed by atoms with van der Waals surface area (Å²) < 4.78 is 5.31. The Labute approximate surface area is 81.6 Å². The number of unbranched alkanes of at least 4 members (excludes halogenated alkanes) is 2. The lowest BCUT2D eigenvalue weighted by atomic mass is 10.1. The largest absolute Gasteiger partial charge is 0.392 e. The standard InChI is InChI=1S/C11H22O2/c1-3-4-5-8-11(13-2)9-6-7-10-12/h6-7,11-12H,3-5,8-10H2,1-2H3. The molecule has 0 bridgehead atoms. The Morgan fingerprint density at radius 2 is 2.08 bits per heavy atom. The first-order valence-electron chi connectivity index (χ1n) is 5.13. The molecule has 0 aliphatic rings. The van der Waals surface area contributed by atoms with Crippen LogP contribution in [0.1, 0.15) is 39.0 Å². The van der Waals surface area contributed by atoms with E-state index in [0.29, 0.717) is 6.10 Å². The predicted octanol–water partition coefficient (Wildman–Crippen LogP) is 2.52. The highest BCUT2D eigenvalue weighted by Crippen LogP contribution is 2.09. The monoisotopic (exact) mass is 186 g/mol. The van der Waals surface area contributed by atoms with Gasteiger partial charge in [0.2, 0.25) is 0 Å². The lowest BCUT2D eigenvalue weighted by Gasteiger charge is -2.12. The highest BCUT2D eigenvalue weighted by molar-refractivity contribution is 4.83. The minimum Gasteiger partial charge on any atom is -0.392 e. The van der Waals surface area contributed by atoms with Gasteiger partial charge in [0.05, 0.1) is 12.7 Å². The summed E-state index contributed by atoms with van der Waals surface area (Å²) in [5.74, 6) is 0. The maximum Gasteiger partial charge on any atom is 0.0612 e. The molecule has 0 aliphatic heterocycles. The highest BCUT2D eigenvalue weighted by Gasteiger charge is 2.03. The van der Waals surface area contributed by atoms with Crippen LogP contribution in [0.25, 0.3) is 0 Å². The van der Waals surface area contributed by atoms with Crippen LogP contribution in [0.3, 0.4) is 0 Å². The van der Waals surface area contributed by atoms with Crippen LogP contribution in [0.4, 0.5) is 0 Å². The molecule has 0 aliphatic carbocycles. The third kappa shape index (κ3) is 8.00. The van der Waals surface area contributed by atoms with Crippen molar-refractivity contribution < 1.29 is 9.84 Å². The van der Waals surface area contributed by atoms with Gasteiger partial charge in [0, 0.05) is 7.11 Å². The molecule has 78 valence electrons. The number of aliphatic hydroxyl groups excluding tert-OH is 1. The van der Waals surface area contributed by atoms with Gasteiger partial charge in [-0.2, -0.15) is 0 Å². The van der Waals surface area contributed by atoms with Gasteiger partial charge >= 0.3 is 0 Å². The molecule has 0 amide bonds. The second kappa shape index (κ2) is 9.75. The molecule has 0 spiro atoms. The number of hydrogen-bond donors (Lipinski definition) is 1. The summed E-state index contributed by atoms with van der Waals surface area (Å²) in [7, 11) is 1.75. The van der Waals surface area contributed by atoms with E-state index in [1.807, 2.05) is 6.08 Å². The molecule has 0 heterocycles. The number of methoxy groups -OCH3 is 1. The third-order valence-electron chi connectivity index (χ3n) is 2.13. The molecule has 13 heavy (non-hydrogen) atoms. The van der Waals surface area contributed by atoms with Crippen molar-refractivity contribution in [1.29, 1.82) is 0 Å². The van der Waals surface area contributed by atoms with E-state index >= 15 is 0 Å². The average molecular weight is 186 g/mol. The third-order valence-corrected chi connectivity index (χ3v) is 2.13. The second-order valence-electron chi connectivity index (χ2n) is 3.24. The summed E-state index contributed by atoms with van der Waals surface area (Å²) in [5, 5.41) is 8.54. The molecule has 0 rings (SSSR count). The molecular formula is C11H22O2. The Morgan fingerprint density at radius 3 is 2.62 bits per heavy atom. The van der Waals surface area contributed by atoms with Crippen LogP contribution in [0.2, 0.25) is 0 Å². The fraction of sp³-hybridized carbons (Fsp3) is 0.818. The normalized spacial score (nSPS) is 13.8. The summed E-state index contributed by atoms with van der Waals surface area (Å²) in [6.45, 7) is 2.33. The molecule has 0 aromatic carbocycles. The van der Waals surface area contributed by atoms with Crippen LogP contribution < -0.4 is 0 Å². The van der Waals surface area contributed by atoms with Crippen LogP contribution in [0.5, 0.6) is 0 Å². The number of ether oxygens (including phenoxy) is 1. The Kier molecular flexibility index (Phi) is 9.49. The van der Waals surface area contributed by atoms with Gasteiger partial charge in [0.1, 0.15) is 0 Å². The molecule has 0 saturated carbocycles. The van der Waals surface area contributed by atoms with Gasteiger partial charge in [0.15, 0.2) is 0 Å². The van der Waals surface area contributed by atoms with Crippen molar-refractivity contribution in [2.24, 2.45) is 0 Å². The van der Waals surface area contributed by atoms with E-state index in [2.05, 4.69) is 6.92 Å². The van der Waals surface area contributed by atoms with E-state index in [4.69, 9.17) is 9.84 Å². The van der Waals surface area contributed by atoms with Crippen molar-refractivity contribution in [1.82, 2.24) is 0 Å². The number of aliphatic hydroxyl groups is 1. The summed E-state index contributed by atoms with van der Waals surface area (Å²) >= 11 is 0. The topological polar surface area (TPSA) is 29.5 Å². The SMILES string of the molecule is CCCCCC(CC=CCO)OC. The quantitative estimate of drug-likeness (QED) is 0.466. The first-order valence-corrected chi connectivity index (χ1v) is 5.13. The van der Waals surface area contributed by atoms with E-state index in [1.165, 1.54) is 19.3 Å². The van der Waals surface area contributed by atoms with Crippen molar-refractivity contribution in [3.05, 3.63) is 12.2 Å². The van der Waals surface area contributed by atoms with Crippen LogP contribution in [-0.2, 0) is 4.74 Å². The molecule has 1 unspecified atom stereocenters. The van der Waals surface area contributed by atoms with E-state index in [9.17, 15) is 0 Å². The zero-order chi connectivity index (χ0) is 9.94. The first-order chi connectivity index (χ1) is 6.35. The number of hydrogen-bond acceptors (Lipinski definition) is 2. The van der Waals surface area contributed by atoms with E-state index in [0.717, 1.165) is 12.8 Å². The Morgan fingerprint density at radius 1 is 1.31 bits per heavy atom. The fourth-order valence-corrected chi connectivity index (χ4v) is 1.28. The first kappa shape index (κ1) is 12.7. The van der Waals surface area contributed by atoms with Gasteiger partial charge in [0.25, 0.3) is 0 Å². The van der Waals surface area contributed by atoms with E-state index in [-0.39, 0.29) is 6.61 Å². The fourth-order valence-electron chi connectivity index (χ4n) is 1.28. The van der Waals surface area contributed by atoms with Crippen LogP contribution in [0.15, 0.2) is 12.2 Å². The summed E-state index contributed by atoms with van der Waals surface area (Å²) in [6, 6.07) is 0. The summed E-state index contributed by atoms with van der Waals surface area (Å²) in [4.78, 5) is 0. The number of rotatable bonds is 8. The Hall–Kier alpha value is -0.340. The van der Waals surface area contributed by atoms with Gasteiger partial charge in [-0.05, 0) is 12.8 Å². The predicted molar refractivity (Wildman–Crippen MR) is 55.8 cm³/mol. The maximum atomic E-state index is 8.54. The van der Waals surface area contributed by atoms with Crippen molar-refractivity contribution in [2.45, 2.75) is 45.1 Å². The summed E-state index contributed by atoms with van der Waals surface area (Å²) in [5.41, 5.74) is 0. The molecule has 0 saturated heterocycles. The van der Waals surface area contributed by atoms with Gasteiger partial charge in [-0.15, -0.1) is 0 Å². The Balaban J connectivity index is 3.45. The molecule has 0 aromatic rings. The van der Waals surface area contributed by atoms with Crippen molar-refractivity contribution >= 4 is 0 Å². The maximum absolute atomic E-state index is 8.54. The molecule has 2 nitrogen and oxygen atoms in total. The van der Waals surface area contributed by atoms with Crippen LogP contribution in [0, 0.1) is 0 Å². The molecule has 0 fully saturated rings. The lowest BCUT2D eigenvalue weighted by Crippen LogP contribution is -2.08. The molecule has 2 heteroatoms. The lowest BCUT2D eigenvalue weighted by molar-refractivity contribution is 0.0952. The minimum absolute atomic E-state index is 0.130. The molecular weight excluding hydrogens is 164 g/mol. The Bertz CT molecular complexity index is 121. The zero-order valence-corrected chi connectivity index (χ0v) is 8.83. The molecule has 0 radical (unpaired) electrons. The van der Waals surface area contributed by atoms with Crippen LogP contribution in [-0.4, -0.2) is 24.9 Å². The van der Waals surface area contributed by atoms with E-state index in [1.54, 1.807) is 13.2 Å². The van der Waals surface area contributed by atoms with Crippen LogP contribution >= 0.6 is 0 Å². The van der Waals surface area contributed by atoms with Gasteiger partial charge < -0.3 is 9.84 Å². The molecule has 1 atom stereocenters. The van der Waals surface area contributed by atoms with Crippen molar-refractivity contribution in [3.8, 4) is 0 Å². The average Bonchev–Trinajstić information content (AvgIpc) is 2.16. The molecule has 1 N–H and O–H groups in total. The smallest absolute Gasteiger partial charge is 0.0612 e. The second-order valence-corrected chi connectivity index (χ2v) is 3.24. The van der Waals surface area contributed by atoms with Crippen molar-refractivity contribution in [3.63, 3.8) is 0 Å². The highest BCUT2D eigenvalue weighted by atomic mass is 16.5.